The van der Waals surface area contributed by atoms with E-state index in [4.69, 9.17) is 9.47 Å². The summed E-state index contributed by atoms with van der Waals surface area (Å²) in [5.41, 5.74) is 4.29. The number of allylic oxidation sites excluding steroid dienone is 1. The first kappa shape index (κ1) is 28.2. The van der Waals surface area contributed by atoms with Crippen LogP contribution in [-0.4, -0.2) is 24.6 Å². The predicted molar refractivity (Wildman–Crippen MR) is 151 cm³/mol. The molecule has 0 aromatic rings. The zero-order chi connectivity index (χ0) is 27.9. The third-order valence-corrected chi connectivity index (χ3v) is 13.6. The molecule has 0 radical (unpaired) electrons. The molecule has 0 aromatic carbocycles. The number of hydrogen-bond acceptors (Lipinski definition) is 4. The molecule has 0 N–H and O–H groups in total. The van der Waals surface area contributed by atoms with Gasteiger partial charge in [-0.1, -0.05) is 59.6 Å². The summed E-state index contributed by atoms with van der Waals surface area (Å²) in [6, 6.07) is 0. The van der Waals surface area contributed by atoms with Crippen LogP contribution < -0.4 is 0 Å². The summed E-state index contributed by atoms with van der Waals surface area (Å²) < 4.78 is 11.7. The number of fused-ring (bicyclic) bond motifs is 7. The highest BCUT2D eigenvalue weighted by Gasteiger charge is 2.69. The molecule has 38 heavy (non-hydrogen) atoms. The van der Waals surface area contributed by atoms with Crippen molar-refractivity contribution in [3.8, 4) is 0 Å². The van der Waals surface area contributed by atoms with Gasteiger partial charge in [-0.2, -0.15) is 0 Å². The molecule has 4 heteroatoms. The topological polar surface area (TPSA) is 52.6 Å². The highest BCUT2D eigenvalue weighted by atomic mass is 16.5. The maximum absolute atomic E-state index is 11.9. The summed E-state index contributed by atoms with van der Waals surface area (Å²) in [5, 5.41) is 0. The van der Waals surface area contributed by atoms with Crippen molar-refractivity contribution < 1.29 is 19.1 Å². The first-order valence-corrected chi connectivity index (χ1v) is 15.7. The van der Waals surface area contributed by atoms with Crippen LogP contribution in [0.2, 0.25) is 0 Å². The van der Waals surface area contributed by atoms with E-state index in [-0.39, 0.29) is 45.1 Å². The van der Waals surface area contributed by atoms with Crippen molar-refractivity contribution in [3.63, 3.8) is 0 Å². The van der Waals surface area contributed by atoms with Crippen molar-refractivity contribution in [1.29, 1.82) is 0 Å². The number of esters is 2. The highest BCUT2D eigenvalue weighted by molar-refractivity contribution is 5.66. The second-order valence-electron chi connectivity index (χ2n) is 15.7. The van der Waals surface area contributed by atoms with Gasteiger partial charge in [0.25, 0.3) is 0 Å². The van der Waals surface area contributed by atoms with Gasteiger partial charge in [-0.05, 0) is 104 Å². The molecule has 0 spiro atoms. The van der Waals surface area contributed by atoms with E-state index in [1.165, 1.54) is 38.5 Å². The summed E-state index contributed by atoms with van der Waals surface area (Å²) in [6.45, 7) is 21.1. The van der Waals surface area contributed by atoms with Crippen LogP contribution in [0.1, 0.15) is 127 Å². The van der Waals surface area contributed by atoms with Gasteiger partial charge in [0, 0.05) is 24.7 Å². The van der Waals surface area contributed by atoms with Gasteiger partial charge in [-0.15, -0.1) is 0 Å². The number of rotatable bonds is 4. The summed E-state index contributed by atoms with van der Waals surface area (Å²) in [5.74, 6) is 2.15. The van der Waals surface area contributed by atoms with E-state index in [2.05, 4.69) is 48.5 Å². The maximum Gasteiger partial charge on any atom is 0.302 e. The van der Waals surface area contributed by atoms with Gasteiger partial charge in [0.15, 0.2) is 0 Å². The van der Waals surface area contributed by atoms with Crippen molar-refractivity contribution in [2.24, 2.45) is 50.7 Å². The smallest absolute Gasteiger partial charge is 0.302 e. The molecule has 5 rings (SSSR count). The van der Waals surface area contributed by atoms with Crippen molar-refractivity contribution in [2.75, 3.05) is 6.61 Å². The maximum atomic E-state index is 11.9. The molecule has 5 aliphatic carbocycles. The van der Waals surface area contributed by atoms with E-state index in [1.54, 1.807) is 25.0 Å². The van der Waals surface area contributed by atoms with Gasteiger partial charge in [-0.25, -0.2) is 0 Å². The zero-order valence-electron chi connectivity index (χ0n) is 25.8. The Morgan fingerprint density at radius 2 is 1.53 bits per heavy atom. The highest BCUT2D eigenvalue weighted by Crippen LogP contribution is 2.76. The number of hydrogen-bond donors (Lipinski definition) is 0. The Hall–Kier alpha value is -1.32. The molecular formula is C34H54O4. The third kappa shape index (κ3) is 3.80. The molecule has 8 atom stereocenters. The number of carbonyl (C=O) groups is 2. The summed E-state index contributed by atoms with van der Waals surface area (Å²) in [4.78, 5) is 23.8. The van der Waals surface area contributed by atoms with Crippen LogP contribution in [0.5, 0.6) is 0 Å². The normalized spacial score (nSPS) is 45.5. The molecule has 0 saturated heterocycles. The molecule has 4 fully saturated rings. The van der Waals surface area contributed by atoms with E-state index in [1.807, 2.05) is 0 Å². The summed E-state index contributed by atoms with van der Waals surface area (Å²) >= 11 is 0. The predicted octanol–water partition coefficient (Wildman–Crippen LogP) is 8.28. The van der Waals surface area contributed by atoms with Gasteiger partial charge in [0.1, 0.15) is 12.7 Å². The minimum Gasteiger partial charge on any atom is -0.465 e. The molecule has 0 unspecified atom stereocenters. The quantitative estimate of drug-likeness (QED) is 0.273. The van der Waals surface area contributed by atoms with Crippen LogP contribution in [0.4, 0.5) is 0 Å². The van der Waals surface area contributed by atoms with E-state index in [9.17, 15) is 9.59 Å². The Morgan fingerprint density at radius 1 is 0.816 bits per heavy atom. The fourth-order valence-corrected chi connectivity index (χ4v) is 11.6. The molecule has 0 amide bonds. The van der Waals surface area contributed by atoms with Gasteiger partial charge in [0.2, 0.25) is 0 Å². The minimum absolute atomic E-state index is 0.00228. The Kier molecular flexibility index (Phi) is 6.76. The molecule has 0 aromatic heterocycles. The summed E-state index contributed by atoms with van der Waals surface area (Å²) in [6.07, 6.45) is 11.9. The zero-order valence-corrected chi connectivity index (χ0v) is 25.8. The standard InChI is InChI=1S/C34H54O4/c1-21(2)24-12-17-34(20-37-22(3)35)19-18-32(8)25(29(24)34)10-11-27-31(7)15-14-28(38-23(4)36)30(5,6)26(31)13-16-33(27,32)9/h21,25-28H,10-20H2,1-9H3/t25-,26-,27+,28-,31+,32+,33+,34+/m0/s1. The SMILES string of the molecule is CC(=O)OC[C@]12CCC(C(C)C)=C1[C@@H]1CC[C@@H]3[C@]4(C)CC[C@H](OC(C)=O)C(C)(C)[C@@H]4CC[C@@]3(C)[C@]1(C)CC2. The van der Waals surface area contributed by atoms with Crippen molar-refractivity contribution in [1.82, 2.24) is 0 Å². The van der Waals surface area contributed by atoms with E-state index in [0.29, 0.717) is 30.3 Å². The largest absolute Gasteiger partial charge is 0.465 e. The molecule has 0 bridgehead atoms. The Balaban J connectivity index is 1.52. The molecule has 214 valence electrons. The fraction of sp³-hybridized carbons (Fsp3) is 0.882. The Labute approximate surface area is 232 Å². The van der Waals surface area contributed by atoms with E-state index < -0.39 is 0 Å². The average molecular weight is 527 g/mol. The summed E-state index contributed by atoms with van der Waals surface area (Å²) in [7, 11) is 0. The Morgan fingerprint density at radius 3 is 2.16 bits per heavy atom. The lowest BCUT2D eigenvalue weighted by Crippen LogP contribution is -2.66. The molecule has 4 saturated carbocycles. The fourth-order valence-electron chi connectivity index (χ4n) is 11.6. The lowest BCUT2D eigenvalue weighted by atomic mass is 9.33. The van der Waals surface area contributed by atoms with Gasteiger partial charge in [0.05, 0.1) is 0 Å². The lowest BCUT2D eigenvalue weighted by Gasteiger charge is -2.72. The van der Waals surface area contributed by atoms with Crippen molar-refractivity contribution >= 4 is 11.9 Å². The second-order valence-corrected chi connectivity index (χ2v) is 15.7. The van der Waals surface area contributed by atoms with Gasteiger partial charge >= 0.3 is 11.9 Å². The molecule has 0 aliphatic heterocycles. The van der Waals surface area contributed by atoms with E-state index in [0.717, 1.165) is 25.7 Å². The molecule has 4 nitrogen and oxygen atoms in total. The number of carbonyl (C=O) groups excluding carboxylic acids is 2. The molecular weight excluding hydrogens is 472 g/mol. The number of ether oxygens (including phenoxy) is 2. The Bertz CT molecular complexity index is 1020. The first-order valence-electron chi connectivity index (χ1n) is 15.7. The van der Waals surface area contributed by atoms with Gasteiger partial charge < -0.3 is 9.47 Å². The van der Waals surface area contributed by atoms with Crippen LogP contribution in [0.15, 0.2) is 11.1 Å². The first-order chi connectivity index (χ1) is 17.6. The minimum atomic E-state index is -0.140. The average Bonchev–Trinajstić information content (AvgIpc) is 3.20. The van der Waals surface area contributed by atoms with Crippen LogP contribution in [0, 0.1) is 50.7 Å². The van der Waals surface area contributed by atoms with Gasteiger partial charge in [-0.3, -0.25) is 9.59 Å². The lowest BCUT2D eigenvalue weighted by molar-refractivity contribution is -0.233. The van der Waals surface area contributed by atoms with Crippen LogP contribution in [0.3, 0.4) is 0 Å². The van der Waals surface area contributed by atoms with E-state index >= 15 is 0 Å². The molecule has 0 heterocycles. The van der Waals surface area contributed by atoms with Crippen molar-refractivity contribution in [3.05, 3.63) is 11.1 Å². The van der Waals surface area contributed by atoms with Crippen molar-refractivity contribution in [2.45, 2.75) is 133 Å². The van der Waals surface area contributed by atoms with Crippen LogP contribution >= 0.6 is 0 Å². The molecule has 5 aliphatic rings. The monoisotopic (exact) mass is 526 g/mol. The van der Waals surface area contributed by atoms with Crippen LogP contribution in [0.25, 0.3) is 0 Å². The second kappa shape index (κ2) is 9.10. The third-order valence-electron chi connectivity index (χ3n) is 13.6. The van der Waals surface area contributed by atoms with Crippen LogP contribution in [-0.2, 0) is 19.1 Å².